The molecular weight excluding hydrogens is 229 g/mol. The molecule has 0 atom stereocenters. The summed E-state index contributed by atoms with van der Waals surface area (Å²) in [5, 5.41) is 8.68. The first-order valence-electron chi connectivity index (χ1n) is 4.37. The lowest BCUT2D eigenvalue weighted by molar-refractivity contribution is 0.0692. The van der Waals surface area contributed by atoms with Crippen molar-refractivity contribution in [3.63, 3.8) is 0 Å². The van der Waals surface area contributed by atoms with Crippen molar-refractivity contribution in [2.24, 2.45) is 27.2 Å². The van der Waals surface area contributed by atoms with Crippen LogP contribution in [0.3, 0.4) is 0 Å². The fourth-order valence-corrected chi connectivity index (χ4v) is 1.04. The molecule has 1 rings (SSSR count). The summed E-state index contributed by atoms with van der Waals surface area (Å²) in [6, 6.07) is 3.23. The van der Waals surface area contributed by atoms with Gasteiger partial charge in [0.25, 0.3) is 0 Å². The van der Waals surface area contributed by atoms with Gasteiger partial charge in [-0.3, -0.25) is 0 Å². The van der Waals surface area contributed by atoms with Crippen LogP contribution in [0.5, 0.6) is 0 Å². The molecule has 1 aromatic carbocycles. The molecule has 8 heteroatoms. The summed E-state index contributed by atoms with van der Waals surface area (Å²) in [6.07, 6.45) is 0. The number of nitrogens with two attached hydrogens (primary N) is 3. The highest BCUT2D eigenvalue weighted by atomic mass is 19.1. The Kier molecular flexibility index (Phi) is 3.60. The summed E-state index contributed by atoms with van der Waals surface area (Å²) >= 11 is 0. The molecule has 0 saturated heterocycles. The highest BCUT2D eigenvalue weighted by Crippen LogP contribution is 2.17. The van der Waals surface area contributed by atoms with Crippen molar-refractivity contribution in [1.82, 2.24) is 0 Å². The number of guanidine groups is 2. The first kappa shape index (κ1) is 12.4. The molecule has 0 aliphatic heterocycles. The maximum atomic E-state index is 13.0. The first-order chi connectivity index (χ1) is 7.90. The number of carboxylic acid groups (broad SMARTS) is 1. The highest BCUT2D eigenvalue weighted by Gasteiger charge is 2.10. The lowest BCUT2D eigenvalue weighted by atomic mass is 10.2. The van der Waals surface area contributed by atoms with Crippen LogP contribution in [-0.2, 0) is 0 Å². The smallest absolute Gasteiger partial charge is 0.338 e. The van der Waals surface area contributed by atoms with E-state index in [0.29, 0.717) is 0 Å². The standard InChI is InChI=1S/C9H10FN5O2/c10-6-2-1-4(3-5(6)7(16)17)14-9(13)15-8(11)12/h1-3H,(H,16,17)(H6,11,12,13,14,15). The summed E-state index contributed by atoms with van der Waals surface area (Å²) in [4.78, 5) is 17.8. The number of aromatic carboxylic acids is 1. The number of carboxylic acids is 1. The van der Waals surface area contributed by atoms with Crippen LogP contribution in [0.25, 0.3) is 0 Å². The molecule has 0 spiro atoms. The van der Waals surface area contributed by atoms with Crippen LogP contribution in [0, 0.1) is 5.82 Å². The Balaban J connectivity index is 3.13. The van der Waals surface area contributed by atoms with Gasteiger partial charge < -0.3 is 22.3 Å². The molecule has 7 N–H and O–H groups in total. The Hall–Kier alpha value is -2.64. The van der Waals surface area contributed by atoms with E-state index in [1.54, 1.807) is 0 Å². The van der Waals surface area contributed by atoms with Gasteiger partial charge in [0.2, 0.25) is 5.96 Å². The minimum absolute atomic E-state index is 0.131. The molecule has 17 heavy (non-hydrogen) atoms. The van der Waals surface area contributed by atoms with Gasteiger partial charge in [0.1, 0.15) is 5.82 Å². The number of hydrogen-bond acceptors (Lipinski definition) is 2. The van der Waals surface area contributed by atoms with Crippen LogP contribution in [-0.4, -0.2) is 23.0 Å². The van der Waals surface area contributed by atoms with Crippen molar-refractivity contribution >= 4 is 23.6 Å². The second-order valence-corrected chi connectivity index (χ2v) is 2.98. The molecule has 0 unspecified atom stereocenters. The number of carbonyl (C=O) groups is 1. The Morgan fingerprint density at radius 2 is 1.94 bits per heavy atom. The van der Waals surface area contributed by atoms with E-state index in [9.17, 15) is 9.18 Å². The molecule has 0 saturated carbocycles. The topological polar surface area (TPSA) is 140 Å². The molecule has 0 heterocycles. The van der Waals surface area contributed by atoms with Gasteiger partial charge in [-0.05, 0) is 18.2 Å². The summed E-state index contributed by atoms with van der Waals surface area (Å²) in [6.45, 7) is 0. The van der Waals surface area contributed by atoms with Gasteiger partial charge in [-0.15, -0.1) is 0 Å². The number of halogens is 1. The molecule has 7 nitrogen and oxygen atoms in total. The number of benzene rings is 1. The van der Waals surface area contributed by atoms with Crippen LogP contribution in [0.2, 0.25) is 0 Å². The maximum absolute atomic E-state index is 13.0. The van der Waals surface area contributed by atoms with Gasteiger partial charge in [-0.25, -0.2) is 14.2 Å². The minimum atomic E-state index is -1.40. The highest BCUT2D eigenvalue weighted by molar-refractivity contribution is 5.94. The summed E-state index contributed by atoms with van der Waals surface area (Å²) < 4.78 is 13.0. The fraction of sp³-hybridized carbons (Fsp3) is 0. The largest absolute Gasteiger partial charge is 0.478 e. The number of rotatable bonds is 2. The second kappa shape index (κ2) is 4.92. The number of hydrogen-bond donors (Lipinski definition) is 4. The van der Waals surface area contributed by atoms with Gasteiger partial charge >= 0.3 is 5.97 Å². The van der Waals surface area contributed by atoms with Crippen LogP contribution in [0.4, 0.5) is 10.1 Å². The molecule has 1 aromatic rings. The quantitative estimate of drug-likeness (QED) is 0.416. The molecule has 0 aliphatic rings. The van der Waals surface area contributed by atoms with Gasteiger partial charge in [-0.2, -0.15) is 4.99 Å². The monoisotopic (exact) mass is 239 g/mol. The number of nitrogens with zero attached hydrogens (tertiary/aromatic N) is 2. The third-order valence-corrected chi connectivity index (χ3v) is 1.67. The van der Waals surface area contributed by atoms with Crippen molar-refractivity contribution in [2.45, 2.75) is 0 Å². The zero-order valence-corrected chi connectivity index (χ0v) is 8.59. The summed E-state index contributed by atoms with van der Waals surface area (Å²) in [7, 11) is 0. The van der Waals surface area contributed by atoms with Crippen molar-refractivity contribution in [1.29, 1.82) is 0 Å². The van der Waals surface area contributed by atoms with Gasteiger partial charge in [0, 0.05) is 0 Å². The van der Waals surface area contributed by atoms with Crippen LogP contribution < -0.4 is 17.2 Å². The minimum Gasteiger partial charge on any atom is -0.478 e. The molecule has 0 amide bonds. The predicted molar refractivity (Wildman–Crippen MR) is 60.5 cm³/mol. The molecular formula is C9H10FN5O2. The van der Waals surface area contributed by atoms with Gasteiger partial charge in [0.15, 0.2) is 5.96 Å². The Bertz CT molecular complexity index is 508. The lowest BCUT2D eigenvalue weighted by Crippen LogP contribution is -2.26. The fourth-order valence-electron chi connectivity index (χ4n) is 1.04. The first-order valence-corrected chi connectivity index (χ1v) is 4.37. The van der Waals surface area contributed by atoms with Crippen LogP contribution in [0.1, 0.15) is 10.4 Å². The molecule has 0 aliphatic carbocycles. The maximum Gasteiger partial charge on any atom is 0.338 e. The second-order valence-electron chi connectivity index (χ2n) is 2.98. The lowest BCUT2D eigenvalue weighted by Gasteiger charge is -1.99. The molecule has 0 radical (unpaired) electrons. The van der Waals surface area contributed by atoms with E-state index < -0.39 is 17.3 Å². The van der Waals surface area contributed by atoms with E-state index in [4.69, 9.17) is 22.3 Å². The van der Waals surface area contributed by atoms with E-state index >= 15 is 0 Å². The number of aliphatic imine (C=N–C) groups is 2. The Morgan fingerprint density at radius 3 is 2.47 bits per heavy atom. The van der Waals surface area contributed by atoms with Gasteiger partial charge in [0.05, 0.1) is 11.3 Å². The van der Waals surface area contributed by atoms with Gasteiger partial charge in [-0.1, -0.05) is 0 Å². The normalized spacial score (nSPS) is 11.0. The summed E-state index contributed by atoms with van der Waals surface area (Å²) in [5.41, 5.74) is 15.1. The molecule has 0 aromatic heterocycles. The Morgan fingerprint density at radius 1 is 1.29 bits per heavy atom. The predicted octanol–water partition coefficient (Wildman–Crippen LogP) is -0.256. The zero-order valence-electron chi connectivity index (χ0n) is 8.59. The van der Waals surface area contributed by atoms with E-state index in [2.05, 4.69) is 9.98 Å². The average molecular weight is 239 g/mol. The zero-order chi connectivity index (χ0) is 13.0. The summed E-state index contributed by atoms with van der Waals surface area (Å²) in [5.74, 6) is -2.81. The SMILES string of the molecule is NC(N)=NC(N)=Nc1ccc(F)c(C(=O)O)c1. The van der Waals surface area contributed by atoms with Crippen molar-refractivity contribution in [2.75, 3.05) is 0 Å². The van der Waals surface area contributed by atoms with Crippen molar-refractivity contribution in [3.05, 3.63) is 29.6 Å². The van der Waals surface area contributed by atoms with Crippen molar-refractivity contribution < 1.29 is 14.3 Å². The van der Waals surface area contributed by atoms with E-state index in [-0.39, 0.29) is 17.6 Å². The van der Waals surface area contributed by atoms with E-state index in [1.807, 2.05) is 0 Å². The average Bonchev–Trinajstić information content (AvgIpc) is 2.19. The van der Waals surface area contributed by atoms with Crippen molar-refractivity contribution in [3.8, 4) is 0 Å². The third-order valence-electron chi connectivity index (χ3n) is 1.67. The van der Waals surface area contributed by atoms with E-state index in [1.165, 1.54) is 6.07 Å². The van der Waals surface area contributed by atoms with Crippen LogP contribution in [0.15, 0.2) is 28.2 Å². The molecule has 0 bridgehead atoms. The molecule has 0 fully saturated rings. The Labute approximate surface area is 95.5 Å². The van der Waals surface area contributed by atoms with E-state index in [0.717, 1.165) is 12.1 Å². The molecule has 90 valence electrons. The van der Waals surface area contributed by atoms with Crippen LogP contribution >= 0.6 is 0 Å². The third kappa shape index (κ3) is 3.45.